The summed E-state index contributed by atoms with van der Waals surface area (Å²) in [5.74, 6) is -0.0858. The lowest BCUT2D eigenvalue weighted by Gasteiger charge is -2.25. The molecule has 4 rings (SSSR count). The molecule has 0 aromatic heterocycles. The van der Waals surface area contributed by atoms with Crippen LogP contribution in [0, 0.1) is 0 Å². The van der Waals surface area contributed by atoms with Gasteiger partial charge in [0.2, 0.25) is 0 Å². The summed E-state index contributed by atoms with van der Waals surface area (Å²) in [5, 5.41) is 11.3. The third-order valence-electron chi connectivity index (χ3n) is 5.94. The molecular weight excluding hydrogens is 422 g/mol. The number of aliphatic hydroxyl groups excluding tert-OH is 1. The van der Waals surface area contributed by atoms with E-state index >= 15 is 0 Å². The van der Waals surface area contributed by atoms with Gasteiger partial charge in [0.25, 0.3) is 11.7 Å². The first-order valence-electron chi connectivity index (χ1n) is 11.2. The quantitative estimate of drug-likeness (QED) is 0.284. The van der Waals surface area contributed by atoms with E-state index in [1.165, 1.54) is 4.90 Å². The Balaban J connectivity index is 1.80. The molecular formula is C26H29NO6. The van der Waals surface area contributed by atoms with Gasteiger partial charge in [-0.2, -0.15) is 0 Å². The summed E-state index contributed by atoms with van der Waals surface area (Å²) in [6, 6.07) is 11.9. The van der Waals surface area contributed by atoms with E-state index in [4.69, 9.17) is 14.2 Å². The number of methoxy groups -OCH3 is 1. The second-order valence-corrected chi connectivity index (χ2v) is 8.30. The zero-order valence-electron chi connectivity index (χ0n) is 19.2. The lowest BCUT2D eigenvalue weighted by atomic mass is 9.94. The number of aliphatic hydroxyl groups is 1. The number of likely N-dealkylation sites (tertiary alicyclic amines) is 1. The molecule has 33 heavy (non-hydrogen) atoms. The van der Waals surface area contributed by atoms with Crippen molar-refractivity contribution in [3.8, 4) is 11.5 Å². The maximum atomic E-state index is 13.1. The third kappa shape index (κ3) is 4.46. The van der Waals surface area contributed by atoms with Crippen molar-refractivity contribution >= 4 is 17.4 Å². The molecule has 7 nitrogen and oxygen atoms in total. The van der Waals surface area contributed by atoms with Gasteiger partial charge in [-0.1, -0.05) is 12.1 Å². The zero-order valence-corrected chi connectivity index (χ0v) is 19.2. The average molecular weight is 452 g/mol. The summed E-state index contributed by atoms with van der Waals surface area (Å²) in [4.78, 5) is 27.7. The fourth-order valence-electron chi connectivity index (χ4n) is 4.50. The number of Topliss-reactive ketones (excluding diaryl/α,β-unsaturated/α-hetero) is 1. The molecule has 2 aliphatic heterocycles. The Hall–Kier alpha value is -3.32. The lowest BCUT2D eigenvalue weighted by Crippen LogP contribution is -2.31. The highest BCUT2D eigenvalue weighted by atomic mass is 16.5. The van der Waals surface area contributed by atoms with Crippen LogP contribution >= 0.6 is 0 Å². The van der Waals surface area contributed by atoms with Gasteiger partial charge in [0.15, 0.2) is 0 Å². The van der Waals surface area contributed by atoms with Gasteiger partial charge in [-0.15, -0.1) is 0 Å². The van der Waals surface area contributed by atoms with Crippen LogP contribution in [0.25, 0.3) is 5.76 Å². The smallest absolute Gasteiger partial charge is 0.295 e. The molecule has 0 unspecified atom stereocenters. The van der Waals surface area contributed by atoms with Crippen molar-refractivity contribution in [1.29, 1.82) is 0 Å². The molecule has 1 fully saturated rings. The van der Waals surface area contributed by atoms with Crippen LogP contribution < -0.4 is 9.47 Å². The second kappa shape index (κ2) is 9.67. The number of ketones is 1. The number of carbonyl (C=O) groups excluding carboxylic acids is 2. The Morgan fingerprint density at radius 3 is 2.79 bits per heavy atom. The molecule has 1 amide bonds. The van der Waals surface area contributed by atoms with Gasteiger partial charge in [-0.25, -0.2) is 0 Å². The monoisotopic (exact) mass is 451 g/mol. The molecule has 2 aromatic rings. The molecule has 7 heteroatoms. The molecule has 174 valence electrons. The van der Waals surface area contributed by atoms with Crippen molar-refractivity contribution in [3.05, 3.63) is 64.7 Å². The molecule has 0 saturated carbocycles. The Kier molecular flexibility index (Phi) is 6.70. The predicted octanol–water partition coefficient (Wildman–Crippen LogP) is 3.87. The molecule has 0 spiro atoms. The molecule has 0 bridgehead atoms. The van der Waals surface area contributed by atoms with Crippen molar-refractivity contribution in [2.45, 2.75) is 38.8 Å². The van der Waals surface area contributed by atoms with Crippen LogP contribution in [0.5, 0.6) is 11.5 Å². The van der Waals surface area contributed by atoms with Gasteiger partial charge >= 0.3 is 0 Å². The van der Waals surface area contributed by atoms with Gasteiger partial charge in [0.05, 0.1) is 18.2 Å². The van der Waals surface area contributed by atoms with Gasteiger partial charge in [-0.3, -0.25) is 9.59 Å². The number of ether oxygens (including phenoxy) is 3. The number of amides is 1. The summed E-state index contributed by atoms with van der Waals surface area (Å²) < 4.78 is 16.5. The SMILES string of the molecule is CCOc1cccc([C@@H]2/C(=C(\O)c3ccc4c(c3)C[C@@H](C)O4)C(=O)C(=O)N2CCCOC)c1. The van der Waals surface area contributed by atoms with Gasteiger partial charge in [-0.05, 0) is 61.7 Å². The summed E-state index contributed by atoms with van der Waals surface area (Å²) in [7, 11) is 1.59. The zero-order chi connectivity index (χ0) is 23.5. The molecule has 2 aliphatic rings. The lowest BCUT2D eigenvalue weighted by molar-refractivity contribution is -0.140. The summed E-state index contributed by atoms with van der Waals surface area (Å²) in [5.41, 5.74) is 2.25. The topological polar surface area (TPSA) is 85.3 Å². The van der Waals surface area contributed by atoms with E-state index < -0.39 is 17.7 Å². The van der Waals surface area contributed by atoms with Crippen LogP contribution in [0.15, 0.2) is 48.0 Å². The van der Waals surface area contributed by atoms with Crippen molar-refractivity contribution in [1.82, 2.24) is 4.90 Å². The Labute approximate surface area is 193 Å². The van der Waals surface area contributed by atoms with Crippen LogP contribution in [0.3, 0.4) is 0 Å². The summed E-state index contributed by atoms with van der Waals surface area (Å²) >= 11 is 0. The van der Waals surface area contributed by atoms with E-state index in [2.05, 4.69) is 0 Å². The van der Waals surface area contributed by atoms with Crippen molar-refractivity contribution in [2.75, 3.05) is 26.9 Å². The first kappa shape index (κ1) is 22.9. The molecule has 0 radical (unpaired) electrons. The number of carbonyl (C=O) groups is 2. The first-order chi connectivity index (χ1) is 15.9. The normalized spacial score (nSPS) is 21.2. The number of rotatable bonds is 8. The van der Waals surface area contributed by atoms with Crippen molar-refractivity contribution in [2.24, 2.45) is 0 Å². The Bertz CT molecular complexity index is 1090. The summed E-state index contributed by atoms with van der Waals surface area (Å²) in [6.07, 6.45) is 1.35. The minimum absolute atomic E-state index is 0.0602. The fraction of sp³-hybridized carbons (Fsp3) is 0.385. The fourth-order valence-corrected chi connectivity index (χ4v) is 4.50. The van der Waals surface area contributed by atoms with Crippen molar-refractivity contribution in [3.63, 3.8) is 0 Å². The van der Waals surface area contributed by atoms with E-state index in [1.807, 2.05) is 44.2 Å². The Morgan fingerprint density at radius 1 is 1.21 bits per heavy atom. The average Bonchev–Trinajstić information content (AvgIpc) is 3.30. The number of fused-ring (bicyclic) bond motifs is 1. The van der Waals surface area contributed by atoms with Crippen LogP contribution in [0.2, 0.25) is 0 Å². The summed E-state index contributed by atoms with van der Waals surface area (Å²) in [6.45, 7) is 5.15. The largest absolute Gasteiger partial charge is 0.507 e. The molecule has 2 aromatic carbocycles. The molecule has 0 aliphatic carbocycles. The number of nitrogens with zero attached hydrogens (tertiary/aromatic N) is 1. The van der Waals surface area contributed by atoms with Gasteiger partial charge < -0.3 is 24.2 Å². The van der Waals surface area contributed by atoms with E-state index in [-0.39, 0.29) is 17.4 Å². The van der Waals surface area contributed by atoms with E-state index in [9.17, 15) is 14.7 Å². The predicted molar refractivity (Wildman–Crippen MR) is 123 cm³/mol. The van der Waals surface area contributed by atoms with Crippen LogP contribution in [-0.4, -0.2) is 54.7 Å². The number of benzene rings is 2. The minimum Gasteiger partial charge on any atom is -0.507 e. The minimum atomic E-state index is -0.717. The Morgan fingerprint density at radius 2 is 2.03 bits per heavy atom. The standard InChI is InChI=1S/C26H29NO6/c1-4-32-20-8-5-7-17(15-20)23-22(25(29)26(30)27(23)11-6-12-31-3)24(28)18-9-10-21-19(14-18)13-16(2)33-21/h5,7-10,14-16,23,28H,4,6,11-13H2,1-3H3/b24-22+/t16-,23-/m1/s1. The van der Waals surface area contributed by atoms with Gasteiger partial charge in [0, 0.05) is 32.2 Å². The first-order valence-corrected chi connectivity index (χ1v) is 11.2. The number of hydrogen-bond donors (Lipinski definition) is 1. The van der Waals surface area contributed by atoms with E-state index in [1.54, 1.807) is 19.2 Å². The molecule has 1 saturated heterocycles. The molecule has 2 heterocycles. The maximum Gasteiger partial charge on any atom is 0.295 e. The highest BCUT2D eigenvalue weighted by Crippen LogP contribution is 2.41. The second-order valence-electron chi connectivity index (χ2n) is 8.30. The van der Waals surface area contributed by atoms with Gasteiger partial charge in [0.1, 0.15) is 23.4 Å². The van der Waals surface area contributed by atoms with Crippen molar-refractivity contribution < 1.29 is 28.9 Å². The highest BCUT2D eigenvalue weighted by Gasteiger charge is 2.46. The van der Waals surface area contributed by atoms with E-state index in [0.717, 1.165) is 17.7 Å². The van der Waals surface area contributed by atoms with Crippen LogP contribution in [0.4, 0.5) is 0 Å². The van der Waals surface area contributed by atoms with E-state index in [0.29, 0.717) is 43.1 Å². The molecule has 2 atom stereocenters. The number of hydrogen-bond acceptors (Lipinski definition) is 6. The third-order valence-corrected chi connectivity index (χ3v) is 5.94. The molecule has 1 N–H and O–H groups in total. The highest BCUT2D eigenvalue weighted by molar-refractivity contribution is 6.46. The van der Waals surface area contributed by atoms with Crippen LogP contribution in [0.1, 0.15) is 43.0 Å². The van der Waals surface area contributed by atoms with Crippen LogP contribution in [-0.2, 0) is 20.7 Å². The maximum absolute atomic E-state index is 13.1.